The lowest BCUT2D eigenvalue weighted by Gasteiger charge is -2.15. The molecule has 2 aromatic carbocycles. The molecule has 5 heteroatoms. The van der Waals surface area contributed by atoms with Gasteiger partial charge in [0.25, 0.3) is 0 Å². The van der Waals surface area contributed by atoms with Crippen LogP contribution in [0, 0.1) is 24.4 Å². The molecular formula is C15H14F3NO. The highest BCUT2D eigenvalue weighted by Gasteiger charge is 2.13. The molecular weight excluding hydrogens is 267 g/mol. The highest BCUT2D eigenvalue weighted by atomic mass is 19.1. The molecule has 2 rings (SSSR count). The van der Waals surface area contributed by atoms with Crippen LogP contribution in [0.3, 0.4) is 0 Å². The molecule has 2 nitrogen and oxygen atoms in total. The zero-order chi connectivity index (χ0) is 14.7. The van der Waals surface area contributed by atoms with Crippen LogP contribution in [0.4, 0.5) is 18.9 Å². The Morgan fingerprint density at radius 3 is 2.40 bits per heavy atom. The minimum Gasteiger partial charge on any atom is -0.386 e. The van der Waals surface area contributed by atoms with E-state index in [4.69, 9.17) is 0 Å². The molecule has 0 heterocycles. The van der Waals surface area contributed by atoms with E-state index in [1.165, 1.54) is 18.2 Å². The quantitative estimate of drug-likeness (QED) is 0.898. The summed E-state index contributed by atoms with van der Waals surface area (Å²) >= 11 is 0. The first-order valence-electron chi connectivity index (χ1n) is 6.10. The van der Waals surface area contributed by atoms with Crippen LogP contribution in [0.5, 0.6) is 0 Å². The Morgan fingerprint density at radius 2 is 1.70 bits per heavy atom. The van der Waals surface area contributed by atoms with Crippen LogP contribution in [0.1, 0.15) is 17.2 Å². The fourth-order valence-electron chi connectivity index (χ4n) is 1.87. The summed E-state index contributed by atoms with van der Waals surface area (Å²) in [5.41, 5.74) is 1.32. The van der Waals surface area contributed by atoms with Crippen LogP contribution in [-0.4, -0.2) is 11.7 Å². The smallest absolute Gasteiger partial charge is 0.131 e. The van der Waals surface area contributed by atoms with Gasteiger partial charge in [0.05, 0.1) is 6.10 Å². The van der Waals surface area contributed by atoms with Crippen LogP contribution in [0.25, 0.3) is 0 Å². The lowest BCUT2D eigenvalue weighted by molar-refractivity contribution is 0.186. The molecule has 1 unspecified atom stereocenters. The summed E-state index contributed by atoms with van der Waals surface area (Å²) in [7, 11) is 0. The Bertz CT molecular complexity index is 616. The number of halogens is 3. The van der Waals surface area contributed by atoms with Crippen molar-refractivity contribution in [2.75, 3.05) is 11.9 Å². The summed E-state index contributed by atoms with van der Waals surface area (Å²) in [6, 6.07) is 7.21. The van der Waals surface area contributed by atoms with E-state index in [0.29, 0.717) is 11.8 Å². The Labute approximate surface area is 114 Å². The highest BCUT2D eigenvalue weighted by molar-refractivity contribution is 5.50. The Balaban J connectivity index is 2.08. The molecule has 0 saturated carbocycles. The van der Waals surface area contributed by atoms with Gasteiger partial charge >= 0.3 is 0 Å². The summed E-state index contributed by atoms with van der Waals surface area (Å²) in [6.07, 6.45) is -1.15. The first-order chi connectivity index (χ1) is 9.47. The Hall–Kier alpha value is -2.01. The van der Waals surface area contributed by atoms with Gasteiger partial charge in [0.15, 0.2) is 0 Å². The van der Waals surface area contributed by atoms with E-state index in [2.05, 4.69) is 5.32 Å². The van der Waals surface area contributed by atoms with Crippen molar-refractivity contribution in [1.29, 1.82) is 0 Å². The van der Waals surface area contributed by atoms with Crippen molar-refractivity contribution in [1.82, 2.24) is 0 Å². The zero-order valence-electron chi connectivity index (χ0n) is 10.8. The van der Waals surface area contributed by atoms with Crippen LogP contribution >= 0.6 is 0 Å². The van der Waals surface area contributed by atoms with Gasteiger partial charge in [0.2, 0.25) is 0 Å². The van der Waals surface area contributed by atoms with Crippen molar-refractivity contribution in [3.63, 3.8) is 0 Å². The van der Waals surface area contributed by atoms with Gasteiger partial charge in [0, 0.05) is 23.9 Å². The number of nitrogens with one attached hydrogen (secondary N) is 1. The molecule has 0 bridgehead atoms. The lowest BCUT2D eigenvalue weighted by atomic mass is 10.1. The van der Waals surface area contributed by atoms with E-state index in [9.17, 15) is 18.3 Å². The number of aryl methyl sites for hydroxylation is 1. The average Bonchev–Trinajstić information content (AvgIpc) is 2.39. The van der Waals surface area contributed by atoms with E-state index < -0.39 is 23.6 Å². The SMILES string of the molecule is Cc1ccc(F)cc1NCC(O)c1ccc(F)cc1F. The molecule has 0 amide bonds. The van der Waals surface area contributed by atoms with Crippen molar-refractivity contribution in [3.05, 3.63) is 65.0 Å². The van der Waals surface area contributed by atoms with Crippen molar-refractivity contribution >= 4 is 5.69 Å². The zero-order valence-corrected chi connectivity index (χ0v) is 10.8. The fourth-order valence-corrected chi connectivity index (χ4v) is 1.87. The number of aliphatic hydroxyl groups is 1. The van der Waals surface area contributed by atoms with Crippen LogP contribution in [-0.2, 0) is 0 Å². The summed E-state index contributed by atoms with van der Waals surface area (Å²) in [5, 5.41) is 12.7. The summed E-state index contributed by atoms with van der Waals surface area (Å²) in [6.45, 7) is 1.78. The topological polar surface area (TPSA) is 32.3 Å². The predicted octanol–water partition coefficient (Wildman–Crippen LogP) is 3.56. The monoisotopic (exact) mass is 281 g/mol. The molecule has 106 valence electrons. The second-order valence-corrected chi connectivity index (χ2v) is 4.52. The maximum Gasteiger partial charge on any atom is 0.131 e. The molecule has 0 spiro atoms. The molecule has 20 heavy (non-hydrogen) atoms. The second kappa shape index (κ2) is 5.96. The van der Waals surface area contributed by atoms with E-state index >= 15 is 0 Å². The molecule has 0 aromatic heterocycles. The maximum atomic E-state index is 13.5. The van der Waals surface area contributed by atoms with E-state index in [-0.39, 0.29) is 12.1 Å². The van der Waals surface area contributed by atoms with Crippen LogP contribution in [0.15, 0.2) is 36.4 Å². The third kappa shape index (κ3) is 3.30. The van der Waals surface area contributed by atoms with Crippen molar-refractivity contribution < 1.29 is 18.3 Å². The molecule has 2 aromatic rings. The van der Waals surface area contributed by atoms with Gasteiger partial charge in [0.1, 0.15) is 17.5 Å². The summed E-state index contributed by atoms with van der Waals surface area (Å²) in [4.78, 5) is 0. The number of anilines is 1. The normalized spacial score (nSPS) is 12.2. The fraction of sp³-hybridized carbons (Fsp3) is 0.200. The van der Waals surface area contributed by atoms with Crippen LogP contribution in [0.2, 0.25) is 0 Å². The van der Waals surface area contributed by atoms with E-state index in [0.717, 1.165) is 11.6 Å². The minimum absolute atomic E-state index is 0.00652. The third-order valence-corrected chi connectivity index (χ3v) is 3.01. The molecule has 0 aliphatic heterocycles. The molecule has 0 aliphatic rings. The minimum atomic E-state index is -1.15. The molecule has 1 atom stereocenters. The Kier molecular flexibility index (Phi) is 4.29. The largest absolute Gasteiger partial charge is 0.386 e. The number of rotatable bonds is 4. The second-order valence-electron chi connectivity index (χ2n) is 4.52. The van der Waals surface area contributed by atoms with Gasteiger partial charge < -0.3 is 10.4 Å². The van der Waals surface area contributed by atoms with Crippen molar-refractivity contribution in [2.45, 2.75) is 13.0 Å². The Morgan fingerprint density at radius 1 is 1.05 bits per heavy atom. The molecule has 0 aliphatic carbocycles. The van der Waals surface area contributed by atoms with Gasteiger partial charge in [-0.15, -0.1) is 0 Å². The average molecular weight is 281 g/mol. The number of hydrogen-bond acceptors (Lipinski definition) is 2. The first kappa shape index (κ1) is 14.4. The number of hydrogen-bond donors (Lipinski definition) is 2. The standard InChI is InChI=1S/C15H14F3NO/c1-9-2-3-11(17)7-14(9)19-8-15(20)12-5-4-10(16)6-13(12)18/h2-7,15,19-20H,8H2,1H3. The van der Waals surface area contributed by atoms with Gasteiger partial charge in [-0.2, -0.15) is 0 Å². The molecule has 0 fully saturated rings. The first-order valence-corrected chi connectivity index (χ1v) is 6.10. The summed E-state index contributed by atoms with van der Waals surface area (Å²) in [5.74, 6) is -1.91. The summed E-state index contributed by atoms with van der Waals surface area (Å²) < 4.78 is 39.4. The lowest BCUT2D eigenvalue weighted by Crippen LogP contribution is -2.14. The van der Waals surface area contributed by atoms with E-state index in [1.54, 1.807) is 13.0 Å². The molecule has 0 saturated heterocycles. The van der Waals surface area contributed by atoms with Gasteiger partial charge in [-0.1, -0.05) is 12.1 Å². The van der Waals surface area contributed by atoms with Gasteiger partial charge in [-0.25, -0.2) is 13.2 Å². The van der Waals surface area contributed by atoms with Crippen molar-refractivity contribution in [3.8, 4) is 0 Å². The number of benzene rings is 2. The van der Waals surface area contributed by atoms with Crippen LogP contribution < -0.4 is 5.32 Å². The highest BCUT2D eigenvalue weighted by Crippen LogP contribution is 2.21. The molecule has 0 radical (unpaired) electrons. The van der Waals surface area contributed by atoms with Gasteiger partial charge in [-0.3, -0.25) is 0 Å². The van der Waals surface area contributed by atoms with Crippen molar-refractivity contribution in [2.24, 2.45) is 0 Å². The number of aliphatic hydroxyl groups excluding tert-OH is 1. The molecule has 2 N–H and O–H groups in total. The van der Waals surface area contributed by atoms with Gasteiger partial charge in [-0.05, 0) is 30.7 Å². The van der Waals surface area contributed by atoms with E-state index in [1.807, 2.05) is 0 Å². The predicted molar refractivity (Wildman–Crippen MR) is 70.9 cm³/mol. The third-order valence-electron chi connectivity index (χ3n) is 3.01. The maximum absolute atomic E-state index is 13.5.